The predicted octanol–water partition coefficient (Wildman–Crippen LogP) is 0.118. The van der Waals surface area contributed by atoms with Gasteiger partial charge < -0.3 is 10.5 Å². The topological polar surface area (TPSA) is 95.7 Å². The minimum Gasteiger partial charge on any atom is -0.389 e. The van der Waals surface area contributed by atoms with E-state index < -0.39 is 15.6 Å². The van der Waals surface area contributed by atoms with Gasteiger partial charge in [0.25, 0.3) is 0 Å². The second-order valence-electron chi connectivity index (χ2n) is 4.73. The van der Waals surface area contributed by atoms with Gasteiger partial charge in [-0.25, -0.2) is 8.42 Å². The van der Waals surface area contributed by atoms with Gasteiger partial charge in [0.1, 0.15) is 4.90 Å². The molecule has 100 valence electrons. The SMILES string of the molecule is CC1(O)CCN(S(=O)(=O)c2ccccc2NN)C1. The van der Waals surface area contributed by atoms with Gasteiger partial charge in [-0.1, -0.05) is 12.1 Å². The number of para-hydroxylation sites is 1. The van der Waals surface area contributed by atoms with Crippen molar-refractivity contribution in [1.82, 2.24) is 4.31 Å². The van der Waals surface area contributed by atoms with E-state index in [4.69, 9.17) is 5.84 Å². The van der Waals surface area contributed by atoms with Crippen LogP contribution in [0.2, 0.25) is 0 Å². The summed E-state index contributed by atoms with van der Waals surface area (Å²) in [5, 5.41) is 9.86. The Hall–Kier alpha value is -1.15. The van der Waals surface area contributed by atoms with Gasteiger partial charge in [-0.05, 0) is 25.5 Å². The molecular weight excluding hydrogens is 254 g/mol. The molecule has 1 unspecified atom stereocenters. The summed E-state index contributed by atoms with van der Waals surface area (Å²) in [6, 6.07) is 6.44. The average Bonchev–Trinajstić information content (AvgIpc) is 2.70. The van der Waals surface area contributed by atoms with Crippen LogP contribution in [0.1, 0.15) is 13.3 Å². The first-order valence-electron chi connectivity index (χ1n) is 5.65. The molecule has 1 aliphatic rings. The molecule has 0 aromatic heterocycles. The molecule has 1 heterocycles. The number of nitrogens with two attached hydrogens (primary N) is 1. The number of hydrogen-bond donors (Lipinski definition) is 3. The Morgan fingerprint density at radius 3 is 2.67 bits per heavy atom. The summed E-state index contributed by atoms with van der Waals surface area (Å²) in [6.07, 6.45) is 0.435. The maximum atomic E-state index is 12.4. The van der Waals surface area contributed by atoms with E-state index in [1.165, 1.54) is 10.4 Å². The third kappa shape index (κ3) is 2.35. The van der Waals surface area contributed by atoms with Crippen molar-refractivity contribution in [2.75, 3.05) is 18.5 Å². The molecule has 7 heteroatoms. The number of nitrogens with zero attached hydrogens (tertiary/aromatic N) is 1. The van der Waals surface area contributed by atoms with Gasteiger partial charge in [-0.2, -0.15) is 4.31 Å². The number of aliphatic hydroxyl groups is 1. The molecular formula is C11H17N3O3S. The summed E-state index contributed by atoms with van der Waals surface area (Å²) >= 11 is 0. The lowest BCUT2D eigenvalue weighted by atomic mass is 10.1. The highest BCUT2D eigenvalue weighted by Crippen LogP contribution is 2.29. The van der Waals surface area contributed by atoms with Crippen LogP contribution in [0.25, 0.3) is 0 Å². The van der Waals surface area contributed by atoms with Crippen LogP contribution in [0, 0.1) is 0 Å². The zero-order valence-corrected chi connectivity index (χ0v) is 10.9. The molecule has 18 heavy (non-hydrogen) atoms. The van der Waals surface area contributed by atoms with Crippen LogP contribution in [0.4, 0.5) is 5.69 Å². The Morgan fingerprint density at radius 1 is 1.44 bits per heavy atom. The second-order valence-corrected chi connectivity index (χ2v) is 6.63. The first kappa shape index (κ1) is 13.3. The number of rotatable bonds is 3. The molecule has 4 N–H and O–H groups in total. The van der Waals surface area contributed by atoms with E-state index in [9.17, 15) is 13.5 Å². The van der Waals surface area contributed by atoms with Crippen molar-refractivity contribution in [3.63, 3.8) is 0 Å². The van der Waals surface area contributed by atoms with Crippen LogP contribution >= 0.6 is 0 Å². The quantitative estimate of drug-likeness (QED) is 0.536. The highest BCUT2D eigenvalue weighted by molar-refractivity contribution is 7.89. The summed E-state index contributed by atoms with van der Waals surface area (Å²) in [7, 11) is -3.62. The largest absolute Gasteiger partial charge is 0.389 e. The summed E-state index contributed by atoms with van der Waals surface area (Å²) in [6.45, 7) is 2.05. The molecule has 1 atom stereocenters. The Morgan fingerprint density at radius 2 is 2.11 bits per heavy atom. The fourth-order valence-electron chi connectivity index (χ4n) is 2.06. The minimum atomic E-state index is -3.62. The van der Waals surface area contributed by atoms with E-state index in [-0.39, 0.29) is 11.4 Å². The number of β-amino-alcohol motifs (C(OH)–C–C–N with tert-alkyl or cyclic N) is 1. The van der Waals surface area contributed by atoms with Crippen molar-refractivity contribution in [2.24, 2.45) is 5.84 Å². The third-order valence-corrected chi connectivity index (χ3v) is 4.98. The van der Waals surface area contributed by atoms with Crippen molar-refractivity contribution in [3.05, 3.63) is 24.3 Å². The Kier molecular flexibility index (Phi) is 3.33. The zero-order valence-electron chi connectivity index (χ0n) is 10.1. The highest BCUT2D eigenvalue weighted by atomic mass is 32.2. The molecule has 0 spiro atoms. The summed E-state index contributed by atoms with van der Waals surface area (Å²) in [5.41, 5.74) is 1.77. The van der Waals surface area contributed by atoms with Gasteiger partial charge in [-0.15, -0.1) is 0 Å². The molecule has 6 nitrogen and oxygen atoms in total. The Bertz CT molecular complexity index is 542. The smallest absolute Gasteiger partial charge is 0.245 e. The predicted molar refractivity (Wildman–Crippen MR) is 68.3 cm³/mol. The minimum absolute atomic E-state index is 0.105. The lowest BCUT2D eigenvalue weighted by Gasteiger charge is -2.20. The molecule has 0 saturated carbocycles. The summed E-state index contributed by atoms with van der Waals surface area (Å²) in [5.74, 6) is 5.32. The van der Waals surface area contributed by atoms with Gasteiger partial charge >= 0.3 is 0 Å². The molecule has 1 fully saturated rings. The van der Waals surface area contributed by atoms with Crippen molar-refractivity contribution in [2.45, 2.75) is 23.8 Å². The molecule has 0 aliphatic carbocycles. The molecule has 0 amide bonds. The van der Waals surface area contributed by atoms with Crippen LogP contribution in [-0.2, 0) is 10.0 Å². The van der Waals surface area contributed by atoms with Crippen LogP contribution in [-0.4, -0.2) is 36.5 Å². The van der Waals surface area contributed by atoms with Gasteiger partial charge in [0.05, 0.1) is 11.3 Å². The molecule has 0 bridgehead atoms. The fourth-order valence-corrected chi connectivity index (χ4v) is 3.77. The highest BCUT2D eigenvalue weighted by Gasteiger charge is 2.39. The van der Waals surface area contributed by atoms with Gasteiger partial charge in [0, 0.05) is 13.1 Å². The number of hydrogen-bond acceptors (Lipinski definition) is 5. The molecule has 2 rings (SSSR count). The monoisotopic (exact) mass is 271 g/mol. The van der Waals surface area contributed by atoms with Crippen molar-refractivity contribution < 1.29 is 13.5 Å². The molecule has 1 saturated heterocycles. The lowest BCUT2D eigenvalue weighted by Crippen LogP contribution is -2.34. The number of benzene rings is 1. The standard InChI is InChI=1S/C11H17N3O3S/c1-11(15)6-7-14(8-11)18(16,17)10-5-3-2-4-9(10)13-12/h2-5,13,15H,6-8,12H2,1H3. The lowest BCUT2D eigenvalue weighted by molar-refractivity contribution is 0.0762. The number of nitrogens with one attached hydrogen (secondary N) is 1. The average molecular weight is 271 g/mol. The number of hydrazine groups is 1. The van der Waals surface area contributed by atoms with Gasteiger partial charge in [0.2, 0.25) is 10.0 Å². The van der Waals surface area contributed by atoms with E-state index in [1.807, 2.05) is 0 Å². The zero-order chi connectivity index (χ0) is 13.4. The fraction of sp³-hybridized carbons (Fsp3) is 0.455. The number of anilines is 1. The van der Waals surface area contributed by atoms with E-state index >= 15 is 0 Å². The molecule has 1 aliphatic heterocycles. The maximum Gasteiger partial charge on any atom is 0.245 e. The van der Waals surface area contributed by atoms with Gasteiger partial charge in [-0.3, -0.25) is 5.84 Å². The van der Waals surface area contributed by atoms with Gasteiger partial charge in [0.15, 0.2) is 0 Å². The number of sulfonamides is 1. The first-order valence-corrected chi connectivity index (χ1v) is 7.09. The van der Waals surface area contributed by atoms with Crippen molar-refractivity contribution >= 4 is 15.7 Å². The maximum absolute atomic E-state index is 12.4. The van der Waals surface area contributed by atoms with Crippen molar-refractivity contribution in [3.8, 4) is 0 Å². The summed E-state index contributed by atoms with van der Waals surface area (Å²) in [4.78, 5) is 0.130. The van der Waals surface area contributed by atoms with E-state index in [0.29, 0.717) is 18.7 Å². The third-order valence-electron chi connectivity index (χ3n) is 3.08. The van der Waals surface area contributed by atoms with Crippen LogP contribution in [0.5, 0.6) is 0 Å². The van der Waals surface area contributed by atoms with Crippen LogP contribution in [0.3, 0.4) is 0 Å². The second kappa shape index (κ2) is 4.51. The van der Waals surface area contributed by atoms with E-state index in [2.05, 4.69) is 5.43 Å². The van der Waals surface area contributed by atoms with Crippen LogP contribution in [0.15, 0.2) is 29.2 Å². The van der Waals surface area contributed by atoms with Crippen LogP contribution < -0.4 is 11.3 Å². The Balaban J connectivity index is 2.38. The molecule has 1 aromatic rings. The Labute approximate surface area is 106 Å². The molecule has 0 radical (unpaired) electrons. The molecule has 1 aromatic carbocycles. The first-order chi connectivity index (χ1) is 8.37. The summed E-state index contributed by atoms with van der Waals surface area (Å²) < 4.78 is 26.1. The van der Waals surface area contributed by atoms with E-state index in [0.717, 1.165) is 0 Å². The number of nitrogen functional groups attached to an aromatic ring is 1. The van der Waals surface area contributed by atoms with Crippen molar-refractivity contribution in [1.29, 1.82) is 0 Å². The van der Waals surface area contributed by atoms with E-state index in [1.54, 1.807) is 25.1 Å². The normalized spacial score (nSPS) is 25.3.